The fraction of sp³-hybridized carbons (Fsp3) is 0.700. The summed E-state index contributed by atoms with van der Waals surface area (Å²) in [6.07, 6.45) is 2.51. The van der Waals surface area contributed by atoms with Crippen molar-refractivity contribution in [3.8, 4) is 0 Å². The Kier molecular flexibility index (Phi) is 8.10. The molecule has 0 aromatic carbocycles. The second-order valence-corrected chi connectivity index (χ2v) is 9.05. The average molecular weight is 394 g/mol. The van der Waals surface area contributed by atoms with Crippen LogP contribution in [-0.2, 0) is 4.79 Å². The smallest absolute Gasteiger partial charge is 0.224 e. The van der Waals surface area contributed by atoms with Crippen LogP contribution in [0.2, 0.25) is 0 Å². The van der Waals surface area contributed by atoms with Crippen LogP contribution in [0, 0.1) is 11.3 Å². The van der Waals surface area contributed by atoms with Crippen LogP contribution in [0.15, 0.2) is 22.5 Å². The Labute approximate surface area is 167 Å². The van der Waals surface area contributed by atoms with Gasteiger partial charge in [-0.25, -0.2) is 0 Å². The van der Waals surface area contributed by atoms with Crippen LogP contribution in [0.3, 0.4) is 0 Å². The maximum atomic E-state index is 11.6. The highest BCUT2D eigenvalue weighted by atomic mass is 32.1. The van der Waals surface area contributed by atoms with Crippen molar-refractivity contribution >= 4 is 23.2 Å². The number of nitrogens with two attached hydrogens (primary N) is 1. The number of nitrogens with one attached hydrogen (secondary N) is 2. The van der Waals surface area contributed by atoms with Crippen LogP contribution in [0.4, 0.5) is 0 Å². The minimum atomic E-state index is -0.654. The first-order chi connectivity index (χ1) is 12.8. The summed E-state index contributed by atoms with van der Waals surface area (Å²) < 4.78 is 0. The van der Waals surface area contributed by atoms with Gasteiger partial charge in [0.25, 0.3) is 0 Å². The molecule has 1 unspecified atom stereocenters. The van der Waals surface area contributed by atoms with E-state index in [2.05, 4.69) is 45.0 Å². The van der Waals surface area contributed by atoms with Gasteiger partial charge < -0.3 is 16.4 Å². The number of hydrogen-bond donors (Lipinski definition) is 3. The van der Waals surface area contributed by atoms with Crippen molar-refractivity contribution < 1.29 is 4.79 Å². The summed E-state index contributed by atoms with van der Waals surface area (Å²) >= 11 is 1.81. The van der Waals surface area contributed by atoms with Crippen molar-refractivity contribution in [2.75, 3.05) is 32.7 Å². The molecule has 6 nitrogen and oxygen atoms in total. The normalized spacial score (nSPS) is 18.3. The second-order valence-electron chi connectivity index (χ2n) is 8.07. The molecule has 4 N–H and O–H groups in total. The van der Waals surface area contributed by atoms with Gasteiger partial charge in [-0.2, -0.15) is 0 Å². The van der Waals surface area contributed by atoms with Crippen molar-refractivity contribution in [2.24, 2.45) is 22.1 Å². The molecule has 1 saturated heterocycles. The molecule has 0 spiro atoms. The Hall–Kier alpha value is -1.60. The molecule has 0 bridgehead atoms. The van der Waals surface area contributed by atoms with Gasteiger partial charge in [0.15, 0.2) is 5.96 Å². The van der Waals surface area contributed by atoms with Gasteiger partial charge in [0, 0.05) is 18.0 Å². The van der Waals surface area contributed by atoms with Gasteiger partial charge in [0.2, 0.25) is 5.91 Å². The number of thiophene rings is 1. The van der Waals surface area contributed by atoms with Crippen LogP contribution in [-0.4, -0.2) is 49.5 Å². The summed E-state index contributed by atoms with van der Waals surface area (Å²) in [5.41, 5.74) is 4.82. The van der Waals surface area contributed by atoms with Gasteiger partial charge in [0.1, 0.15) is 0 Å². The van der Waals surface area contributed by atoms with Crippen molar-refractivity contribution in [3.63, 3.8) is 0 Å². The van der Waals surface area contributed by atoms with Crippen molar-refractivity contribution in [1.82, 2.24) is 15.5 Å². The highest BCUT2D eigenvalue weighted by Gasteiger charge is 2.26. The van der Waals surface area contributed by atoms with E-state index >= 15 is 0 Å². The predicted molar refractivity (Wildman–Crippen MR) is 114 cm³/mol. The fourth-order valence-corrected chi connectivity index (χ4v) is 3.98. The largest absolute Gasteiger partial charge is 0.369 e. The van der Waals surface area contributed by atoms with E-state index in [4.69, 9.17) is 5.73 Å². The third kappa shape index (κ3) is 6.50. The first-order valence-corrected chi connectivity index (χ1v) is 10.8. The molecule has 152 valence electrons. The lowest BCUT2D eigenvalue weighted by molar-refractivity contribution is -0.125. The number of nitrogens with zero attached hydrogens (tertiary/aromatic N) is 2. The summed E-state index contributed by atoms with van der Waals surface area (Å²) in [5.74, 6) is 1.22. The molecular weight excluding hydrogens is 358 g/mol. The molecule has 7 heteroatoms. The summed E-state index contributed by atoms with van der Waals surface area (Å²) in [4.78, 5) is 20.1. The Balaban J connectivity index is 2.05. The molecule has 1 aromatic heterocycles. The Morgan fingerprint density at radius 3 is 2.67 bits per heavy atom. The highest BCUT2D eigenvalue weighted by Crippen LogP contribution is 2.29. The number of aliphatic imine (C=N–C) groups is 1. The lowest BCUT2D eigenvalue weighted by Gasteiger charge is -2.36. The first kappa shape index (κ1) is 21.7. The minimum absolute atomic E-state index is 0.332. The maximum absolute atomic E-state index is 11.6. The van der Waals surface area contributed by atoms with Crippen LogP contribution < -0.4 is 16.4 Å². The summed E-state index contributed by atoms with van der Waals surface area (Å²) in [6, 6.07) is 4.68. The Bertz CT molecular complexity index is 606. The number of rotatable bonds is 8. The van der Waals surface area contributed by atoms with E-state index in [1.54, 1.807) is 0 Å². The number of likely N-dealkylation sites (tertiary alicyclic amines) is 1. The van der Waals surface area contributed by atoms with Crippen molar-refractivity contribution in [2.45, 2.75) is 46.6 Å². The molecule has 0 radical (unpaired) electrons. The van der Waals surface area contributed by atoms with E-state index in [-0.39, 0.29) is 5.91 Å². The number of guanidine groups is 1. The Morgan fingerprint density at radius 2 is 2.11 bits per heavy atom. The lowest BCUT2D eigenvalue weighted by atomic mass is 9.93. The number of hydrogen-bond acceptors (Lipinski definition) is 4. The van der Waals surface area contributed by atoms with Gasteiger partial charge in [-0.05, 0) is 64.1 Å². The van der Waals surface area contributed by atoms with E-state index < -0.39 is 5.41 Å². The van der Waals surface area contributed by atoms with E-state index in [9.17, 15) is 4.79 Å². The standard InChI is InChI=1S/C20H35N5OS/c1-5-22-19(24-14-20(3,4)18(21)26)23-13-16(17-7-6-12-27-17)25-10-8-15(2)9-11-25/h6-7,12,15-16H,5,8-11,13-14H2,1-4H3,(H2,21,26)(H2,22,23,24). The molecule has 2 rings (SSSR count). The number of carbonyl (C=O) groups is 1. The molecule has 0 aliphatic carbocycles. The second kappa shape index (κ2) is 10.1. The lowest BCUT2D eigenvalue weighted by Crippen LogP contribution is -2.45. The summed E-state index contributed by atoms with van der Waals surface area (Å²) in [7, 11) is 0. The first-order valence-electron chi connectivity index (χ1n) is 9.93. The number of primary amides is 1. The van der Waals surface area contributed by atoms with E-state index in [0.717, 1.165) is 38.1 Å². The van der Waals surface area contributed by atoms with Crippen LogP contribution in [0.25, 0.3) is 0 Å². The molecule has 1 aliphatic rings. The van der Waals surface area contributed by atoms with Gasteiger partial charge >= 0.3 is 0 Å². The molecule has 1 atom stereocenters. The monoisotopic (exact) mass is 393 g/mol. The molecule has 1 amide bonds. The van der Waals surface area contributed by atoms with Gasteiger partial charge in [0.05, 0.1) is 18.0 Å². The van der Waals surface area contributed by atoms with E-state index in [0.29, 0.717) is 12.6 Å². The molecule has 1 aromatic rings. The predicted octanol–water partition coefficient (Wildman–Crippen LogP) is 2.59. The molecular formula is C20H35N5OS. The van der Waals surface area contributed by atoms with Crippen molar-refractivity contribution in [1.29, 1.82) is 0 Å². The fourth-order valence-electron chi connectivity index (χ4n) is 3.12. The topological polar surface area (TPSA) is 82.7 Å². The van der Waals surface area contributed by atoms with E-state index in [1.807, 2.05) is 32.1 Å². The van der Waals surface area contributed by atoms with Crippen LogP contribution >= 0.6 is 11.3 Å². The molecule has 1 fully saturated rings. The van der Waals surface area contributed by atoms with Crippen LogP contribution in [0.5, 0.6) is 0 Å². The van der Waals surface area contributed by atoms with Crippen LogP contribution in [0.1, 0.15) is 51.5 Å². The average Bonchev–Trinajstić information content (AvgIpc) is 3.15. The zero-order chi connectivity index (χ0) is 19.9. The number of piperidine rings is 1. The third-order valence-corrected chi connectivity index (χ3v) is 6.21. The van der Waals surface area contributed by atoms with Gasteiger partial charge in [-0.1, -0.05) is 13.0 Å². The summed E-state index contributed by atoms with van der Waals surface area (Å²) in [5, 5.41) is 8.90. The maximum Gasteiger partial charge on any atom is 0.224 e. The molecule has 27 heavy (non-hydrogen) atoms. The van der Waals surface area contributed by atoms with E-state index in [1.165, 1.54) is 17.7 Å². The van der Waals surface area contributed by atoms with Crippen molar-refractivity contribution in [3.05, 3.63) is 22.4 Å². The Morgan fingerprint density at radius 1 is 1.41 bits per heavy atom. The molecule has 2 heterocycles. The quantitative estimate of drug-likeness (QED) is 0.468. The summed E-state index contributed by atoms with van der Waals surface area (Å²) in [6.45, 7) is 12.2. The highest BCUT2D eigenvalue weighted by molar-refractivity contribution is 7.10. The number of carbonyl (C=O) groups excluding carboxylic acids is 1. The van der Waals surface area contributed by atoms with Gasteiger partial charge in [-0.3, -0.25) is 14.7 Å². The number of amides is 1. The van der Waals surface area contributed by atoms with Gasteiger partial charge in [-0.15, -0.1) is 11.3 Å². The third-order valence-electron chi connectivity index (χ3n) is 5.24. The molecule has 0 saturated carbocycles. The molecule has 1 aliphatic heterocycles. The minimum Gasteiger partial charge on any atom is -0.369 e. The zero-order valence-electron chi connectivity index (χ0n) is 17.1. The SMILES string of the molecule is CCNC(=NCC(C)(C)C(N)=O)NCC(c1cccs1)N1CCC(C)CC1. The zero-order valence-corrected chi connectivity index (χ0v) is 17.9.